The van der Waals surface area contributed by atoms with Gasteiger partial charge < -0.3 is 24.8 Å². The quantitative estimate of drug-likeness (QED) is 0.422. The molecule has 2 aliphatic heterocycles. The van der Waals surface area contributed by atoms with Gasteiger partial charge in [-0.05, 0) is 76.7 Å². The molecule has 35 heavy (non-hydrogen) atoms. The molecule has 0 saturated carbocycles. The molecule has 1 aliphatic carbocycles. The summed E-state index contributed by atoms with van der Waals surface area (Å²) in [4.78, 5) is 13.6. The van der Waals surface area contributed by atoms with E-state index in [4.69, 9.17) is 14.2 Å². The van der Waals surface area contributed by atoms with Crippen molar-refractivity contribution in [1.29, 1.82) is 0 Å². The van der Waals surface area contributed by atoms with Crippen molar-refractivity contribution < 1.29 is 19.0 Å². The summed E-state index contributed by atoms with van der Waals surface area (Å²) in [6.45, 7) is 5.86. The van der Waals surface area contributed by atoms with Crippen LogP contribution in [0.25, 0.3) is 11.1 Å². The first-order valence-electron chi connectivity index (χ1n) is 13.5. The Morgan fingerprint density at radius 3 is 1.91 bits per heavy atom. The van der Waals surface area contributed by atoms with E-state index in [0.29, 0.717) is 54.5 Å². The summed E-state index contributed by atoms with van der Waals surface area (Å²) in [5.41, 5.74) is 2.92. The highest BCUT2D eigenvalue weighted by Gasteiger charge is 2.35. The molecule has 0 radical (unpaired) electrons. The number of carbonyl (C=O) groups excluding carboxylic acids is 1. The van der Waals surface area contributed by atoms with Gasteiger partial charge in [-0.3, -0.25) is 4.79 Å². The van der Waals surface area contributed by atoms with Crippen molar-refractivity contribution in [3.8, 4) is 28.4 Å². The van der Waals surface area contributed by atoms with Gasteiger partial charge in [0.1, 0.15) is 17.2 Å². The van der Waals surface area contributed by atoms with Crippen molar-refractivity contribution in [2.75, 3.05) is 32.9 Å². The van der Waals surface area contributed by atoms with Gasteiger partial charge in [0.2, 0.25) is 0 Å². The number of ketones is 1. The van der Waals surface area contributed by atoms with Gasteiger partial charge in [-0.1, -0.05) is 25.0 Å². The van der Waals surface area contributed by atoms with E-state index in [1.807, 2.05) is 37.3 Å². The number of fused-ring (bicyclic) bond motifs is 3. The molecule has 2 N–H and O–H groups in total. The van der Waals surface area contributed by atoms with Crippen LogP contribution in [0.3, 0.4) is 0 Å². The van der Waals surface area contributed by atoms with Crippen LogP contribution in [0.1, 0.15) is 74.2 Å². The van der Waals surface area contributed by atoms with Crippen LogP contribution in [0.4, 0.5) is 0 Å². The lowest BCUT2D eigenvalue weighted by Crippen LogP contribution is -2.35. The number of nitrogens with one attached hydrogen (secondary N) is 2. The monoisotopic (exact) mass is 478 g/mol. The molecule has 0 spiro atoms. The fraction of sp³-hybridized carbons (Fsp3) is 0.552. The van der Waals surface area contributed by atoms with Crippen molar-refractivity contribution in [3.63, 3.8) is 0 Å². The third-order valence-electron chi connectivity index (χ3n) is 7.45. The van der Waals surface area contributed by atoms with Crippen LogP contribution in [0, 0.1) is 0 Å². The normalized spacial score (nSPS) is 21.3. The number of hydrogen-bond donors (Lipinski definition) is 2. The second-order valence-corrected chi connectivity index (χ2v) is 9.82. The molecule has 2 unspecified atom stereocenters. The maximum Gasteiger partial charge on any atom is 0.198 e. The van der Waals surface area contributed by atoms with Gasteiger partial charge in [-0.25, -0.2) is 0 Å². The van der Waals surface area contributed by atoms with E-state index in [0.717, 1.165) is 42.8 Å². The average molecular weight is 479 g/mol. The zero-order valence-electron chi connectivity index (χ0n) is 20.9. The molecule has 188 valence electrons. The average Bonchev–Trinajstić information content (AvgIpc) is 3.20. The second-order valence-electron chi connectivity index (χ2n) is 9.82. The lowest BCUT2D eigenvalue weighted by atomic mass is 10.0. The van der Waals surface area contributed by atoms with Gasteiger partial charge >= 0.3 is 0 Å². The Morgan fingerprint density at radius 2 is 1.34 bits per heavy atom. The highest BCUT2D eigenvalue weighted by Crippen LogP contribution is 2.50. The zero-order chi connectivity index (χ0) is 24.0. The van der Waals surface area contributed by atoms with Crippen LogP contribution in [-0.4, -0.2) is 50.8 Å². The predicted molar refractivity (Wildman–Crippen MR) is 138 cm³/mol. The molecule has 3 aliphatic rings. The summed E-state index contributed by atoms with van der Waals surface area (Å²) in [6, 6.07) is 10.6. The highest BCUT2D eigenvalue weighted by molar-refractivity contribution is 6.25. The Labute approximate surface area is 208 Å². The fourth-order valence-corrected chi connectivity index (χ4v) is 5.63. The summed E-state index contributed by atoms with van der Waals surface area (Å²) >= 11 is 0. The minimum Gasteiger partial charge on any atom is -0.493 e. The molecule has 6 heteroatoms. The number of benzene rings is 2. The van der Waals surface area contributed by atoms with Crippen LogP contribution in [0.5, 0.6) is 17.2 Å². The topological polar surface area (TPSA) is 68.8 Å². The minimum absolute atomic E-state index is 0.0123. The lowest BCUT2D eigenvalue weighted by molar-refractivity contribution is 0.103. The van der Waals surface area contributed by atoms with Gasteiger partial charge in [0.15, 0.2) is 5.78 Å². The van der Waals surface area contributed by atoms with E-state index in [-0.39, 0.29) is 5.78 Å². The SMILES string of the molecule is CCOc1ccc(OCCC2CCCCN2)c2c1-c1c(OCCC3CCCCN3)cccc1C2=O. The summed E-state index contributed by atoms with van der Waals surface area (Å²) in [5, 5.41) is 7.15. The standard InChI is InChI=1S/C29H38N2O4/c1-2-33-24-12-13-25(35-19-15-21-9-4-6-17-31-21)28-27(24)26-22(29(28)32)10-7-11-23(26)34-18-14-20-8-3-5-16-30-20/h7,10-13,20-21,30-31H,2-6,8-9,14-19H2,1H3. The predicted octanol–water partition coefficient (Wildman–Crippen LogP) is 5.12. The molecular formula is C29H38N2O4. The van der Waals surface area contributed by atoms with Crippen LogP contribution < -0.4 is 24.8 Å². The Morgan fingerprint density at radius 1 is 0.743 bits per heavy atom. The van der Waals surface area contributed by atoms with Crippen molar-refractivity contribution >= 4 is 5.78 Å². The summed E-state index contributed by atoms with van der Waals surface area (Å²) in [6.07, 6.45) is 9.33. The Bertz CT molecular complexity index is 1030. The molecule has 2 atom stereocenters. The molecule has 2 heterocycles. The van der Waals surface area contributed by atoms with Crippen LogP contribution in [0.15, 0.2) is 30.3 Å². The maximum atomic E-state index is 13.6. The number of ether oxygens (including phenoxy) is 3. The summed E-state index contributed by atoms with van der Waals surface area (Å²) in [7, 11) is 0. The molecule has 0 bridgehead atoms. The first-order valence-corrected chi connectivity index (χ1v) is 13.5. The van der Waals surface area contributed by atoms with Gasteiger partial charge in [-0.15, -0.1) is 0 Å². The van der Waals surface area contributed by atoms with Gasteiger partial charge in [0.05, 0.1) is 25.4 Å². The van der Waals surface area contributed by atoms with Gasteiger partial charge in [-0.2, -0.15) is 0 Å². The van der Waals surface area contributed by atoms with Crippen LogP contribution in [-0.2, 0) is 0 Å². The number of piperidine rings is 2. The smallest absolute Gasteiger partial charge is 0.198 e. The van der Waals surface area contributed by atoms with Crippen molar-refractivity contribution in [2.24, 2.45) is 0 Å². The molecule has 0 aromatic heterocycles. The third kappa shape index (κ3) is 5.34. The highest BCUT2D eigenvalue weighted by atomic mass is 16.5. The largest absolute Gasteiger partial charge is 0.493 e. The molecule has 2 aromatic carbocycles. The number of rotatable bonds is 10. The minimum atomic E-state index is -0.0123. The Balaban J connectivity index is 1.37. The van der Waals surface area contributed by atoms with E-state index in [2.05, 4.69) is 10.6 Å². The van der Waals surface area contributed by atoms with E-state index in [1.54, 1.807) is 0 Å². The summed E-state index contributed by atoms with van der Waals surface area (Å²) in [5.74, 6) is 2.08. The maximum absolute atomic E-state index is 13.6. The van der Waals surface area contributed by atoms with Gasteiger partial charge in [0.25, 0.3) is 0 Å². The first-order chi connectivity index (χ1) is 17.3. The molecule has 5 rings (SSSR count). The van der Waals surface area contributed by atoms with E-state index in [1.165, 1.54) is 38.5 Å². The molecule has 2 aromatic rings. The van der Waals surface area contributed by atoms with Crippen LogP contribution in [0.2, 0.25) is 0 Å². The van der Waals surface area contributed by atoms with Crippen molar-refractivity contribution in [3.05, 3.63) is 41.5 Å². The Hall–Kier alpha value is -2.57. The zero-order valence-corrected chi connectivity index (χ0v) is 20.9. The molecular weight excluding hydrogens is 440 g/mol. The van der Waals surface area contributed by atoms with Crippen molar-refractivity contribution in [2.45, 2.75) is 70.4 Å². The van der Waals surface area contributed by atoms with E-state index in [9.17, 15) is 4.79 Å². The number of carbonyl (C=O) groups is 1. The lowest BCUT2D eigenvalue weighted by Gasteiger charge is -2.24. The molecule has 0 amide bonds. The van der Waals surface area contributed by atoms with Gasteiger partial charge in [0, 0.05) is 28.8 Å². The van der Waals surface area contributed by atoms with Crippen LogP contribution >= 0.6 is 0 Å². The fourth-order valence-electron chi connectivity index (χ4n) is 5.63. The number of hydrogen-bond acceptors (Lipinski definition) is 6. The second kappa shape index (κ2) is 11.4. The summed E-state index contributed by atoms with van der Waals surface area (Å²) < 4.78 is 18.5. The van der Waals surface area contributed by atoms with Crippen molar-refractivity contribution in [1.82, 2.24) is 10.6 Å². The van der Waals surface area contributed by atoms with E-state index < -0.39 is 0 Å². The first kappa shape index (κ1) is 24.1. The molecule has 2 fully saturated rings. The Kier molecular flexibility index (Phi) is 7.89. The molecule has 6 nitrogen and oxygen atoms in total. The van der Waals surface area contributed by atoms with E-state index >= 15 is 0 Å². The third-order valence-corrected chi connectivity index (χ3v) is 7.45. The molecule has 2 saturated heterocycles.